The molecule has 0 bridgehead atoms. The maximum absolute atomic E-state index is 12.2. The Hall–Kier alpha value is -3.41. The van der Waals surface area contributed by atoms with Gasteiger partial charge in [-0.15, -0.1) is 0 Å². The minimum atomic E-state index is -0.252. The van der Waals surface area contributed by atoms with Crippen molar-refractivity contribution in [3.8, 4) is 11.3 Å². The molecule has 3 aromatic rings. The summed E-state index contributed by atoms with van der Waals surface area (Å²) in [5.41, 5.74) is 1.37. The SMILES string of the molecule is O=C(/C=C/c1ccco1)NCCn1cnc(-c2ccccc2)cc1=O. The highest BCUT2D eigenvalue weighted by molar-refractivity contribution is 5.91. The molecule has 6 heteroatoms. The standard InChI is InChI=1S/C19H17N3O3/c23-18(9-8-16-7-4-12-25-16)20-10-11-22-14-21-17(13-19(22)24)15-5-2-1-3-6-15/h1-9,12-14H,10-11H2,(H,20,23)/b9-8+. The van der Waals surface area contributed by atoms with E-state index in [1.54, 1.807) is 18.2 Å². The van der Waals surface area contributed by atoms with Crippen LogP contribution in [0.4, 0.5) is 0 Å². The van der Waals surface area contributed by atoms with E-state index in [2.05, 4.69) is 10.3 Å². The van der Waals surface area contributed by atoms with Crippen LogP contribution < -0.4 is 10.9 Å². The average molecular weight is 335 g/mol. The fourth-order valence-electron chi connectivity index (χ4n) is 2.26. The number of furan rings is 1. The molecule has 0 aliphatic carbocycles. The van der Waals surface area contributed by atoms with Crippen molar-refractivity contribution in [2.75, 3.05) is 6.54 Å². The maximum atomic E-state index is 12.2. The molecule has 0 aliphatic heterocycles. The molecule has 1 amide bonds. The molecule has 0 saturated carbocycles. The van der Waals surface area contributed by atoms with E-state index in [4.69, 9.17) is 4.42 Å². The lowest BCUT2D eigenvalue weighted by Crippen LogP contribution is -2.29. The zero-order valence-corrected chi connectivity index (χ0v) is 13.5. The van der Waals surface area contributed by atoms with Crippen LogP contribution in [0.15, 0.2) is 76.4 Å². The Morgan fingerprint density at radius 1 is 1.20 bits per heavy atom. The summed E-state index contributed by atoms with van der Waals surface area (Å²) >= 11 is 0. The summed E-state index contributed by atoms with van der Waals surface area (Å²) in [6.45, 7) is 0.675. The third kappa shape index (κ3) is 4.54. The Labute approximate surface area is 144 Å². The first kappa shape index (κ1) is 16.4. The molecule has 1 aromatic carbocycles. The molecule has 1 N–H and O–H groups in total. The lowest BCUT2D eigenvalue weighted by molar-refractivity contribution is -0.116. The van der Waals surface area contributed by atoms with Gasteiger partial charge >= 0.3 is 0 Å². The summed E-state index contributed by atoms with van der Waals surface area (Å²) in [6, 6.07) is 14.5. The summed E-state index contributed by atoms with van der Waals surface area (Å²) in [5, 5.41) is 2.71. The second kappa shape index (κ2) is 7.92. The minimum absolute atomic E-state index is 0.158. The van der Waals surface area contributed by atoms with Gasteiger partial charge < -0.3 is 9.73 Å². The topological polar surface area (TPSA) is 77.1 Å². The molecule has 25 heavy (non-hydrogen) atoms. The Morgan fingerprint density at radius 2 is 2.04 bits per heavy atom. The Bertz CT molecular complexity index is 913. The first-order chi connectivity index (χ1) is 12.2. The summed E-state index contributed by atoms with van der Waals surface area (Å²) in [5.74, 6) is 0.352. The summed E-state index contributed by atoms with van der Waals surface area (Å²) in [7, 11) is 0. The van der Waals surface area contributed by atoms with Crippen LogP contribution in [0.2, 0.25) is 0 Å². The van der Waals surface area contributed by atoms with Crippen LogP contribution in [-0.4, -0.2) is 22.0 Å². The minimum Gasteiger partial charge on any atom is -0.465 e. The van der Waals surface area contributed by atoms with Crippen LogP contribution >= 0.6 is 0 Å². The van der Waals surface area contributed by atoms with Crippen molar-refractivity contribution in [1.29, 1.82) is 0 Å². The molecule has 0 saturated heterocycles. The van der Waals surface area contributed by atoms with E-state index >= 15 is 0 Å². The lowest BCUT2D eigenvalue weighted by atomic mass is 10.1. The summed E-state index contributed by atoms with van der Waals surface area (Å²) in [6.07, 6.45) is 6.00. The zero-order valence-electron chi connectivity index (χ0n) is 13.5. The highest BCUT2D eigenvalue weighted by atomic mass is 16.3. The Morgan fingerprint density at radius 3 is 2.76 bits per heavy atom. The predicted octanol–water partition coefficient (Wildman–Crippen LogP) is 2.33. The molecule has 3 rings (SSSR count). The fourth-order valence-corrected chi connectivity index (χ4v) is 2.26. The highest BCUT2D eigenvalue weighted by Gasteiger charge is 2.03. The van der Waals surface area contributed by atoms with Crippen molar-refractivity contribution in [3.05, 3.63) is 83.3 Å². The van der Waals surface area contributed by atoms with Gasteiger partial charge in [0.25, 0.3) is 5.56 Å². The maximum Gasteiger partial charge on any atom is 0.253 e. The van der Waals surface area contributed by atoms with Gasteiger partial charge in [0, 0.05) is 30.8 Å². The van der Waals surface area contributed by atoms with Gasteiger partial charge in [0.15, 0.2) is 0 Å². The Balaban J connectivity index is 1.55. The third-order valence-electron chi connectivity index (χ3n) is 3.54. The second-order valence-corrected chi connectivity index (χ2v) is 5.31. The van der Waals surface area contributed by atoms with Gasteiger partial charge in [0.1, 0.15) is 5.76 Å². The van der Waals surface area contributed by atoms with Crippen molar-refractivity contribution < 1.29 is 9.21 Å². The van der Waals surface area contributed by atoms with Gasteiger partial charge in [-0.2, -0.15) is 0 Å². The van der Waals surface area contributed by atoms with Crippen LogP contribution in [0.5, 0.6) is 0 Å². The van der Waals surface area contributed by atoms with Crippen LogP contribution in [0, 0.1) is 0 Å². The molecule has 0 unspecified atom stereocenters. The molecule has 0 fully saturated rings. The monoisotopic (exact) mass is 335 g/mol. The van der Waals surface area contributed by atoms with Gasteiger partial charge in [0.2, 0.25) is 5.91 Å². The number of nitrogens with zero attached hydrogens (tertiary/aromatic N) is 2. The van der Waals surface area contributed by atoms with Crippen molar-refractivity contribution in [2.24, 2.45) is 0 Å². The molecular formula is C19H17N3O3. The zero-order chi connectivity index (χ0) is 17.5. The summed E-state index contributed by atoms with van der Waals surface area (Å²) in [4.78, 5) is 28.2. The molecule has 6 nitrogen and oxygen atoms in total. The van der Waals surface area contributed by atoms with Crippen LogP contribution in [0.1, 0.15) is 5.76 Å². The molecule has 2 aromatic heterocycles. The number of benzene rings is 1. The molecule has 2 heterocycles. The third-order valence-corrected chi connectivity index (χ3v) is 3.54. The number of aromatic nitrogens is 2. The highest BCUT2D eigenvalue weighted by Crippen LogP contribution is 2.13. The van der Waals surface area contributed by atoms with Crippen molar-refractivity contribution in [3.63, 3.8) is 0 Å². The molecule has 0 aliphatic rings. The quantitative estimate of drug-likeness (QED) is 0.702. The predicted molar refractivity (Wildman–Crippen MR) is 94.7 cm³/mol. The number of hydrogen-bond acceptors (Lipinski definition) is 4. The molecule has 0 spiro atoms. The molecule has 0 atom stereocenters. The molecular weight excluding hydrogens is 318 g/mol. The van der Waals surface area contributed by atoms with E-state index in [0.29, 0.717) is 24.5 Å². The van der Waals surface area contributed by atoms with E-state index in [1.165, 1.54) is 29.3 Å². The van der Waals surface area contributed by atoms with Gasteiger partial charge in [-0.05, 0) is 18.2 Å². The molecule has 0 radical (unpaired) electrons. The van der Waals surface area contributed by atoms with Gasteiger partial charge in [-0.3, -0.25) is 14.2 Å². The molecule has 126 valence electrons. The van der Waals surface area contributed by atoms with E-state index in [0.717, 1.165) is 5.56 Å². The van der Waals surface area contributed by atoms with E-state index < -0.39 is 0 Å². The lowest BCUT2D eigenvalue weighted by Gasteiger charge is -2.07. The number of hydrogen-bond donors (Lipinski definition) is 1. The van der Waals surface area contributed by atoms with Crippen LogP contribution in [0.25, 0.3) is 17.3 Å². The van der Waals surface area contributed by atoms with E-state index in [1.807, 2.05) is 30.3 Å². The number of nitrogens with one attached hydrogen (secondary N) is 1. The van der Waals surface area contributed by atoms with E-state index in [9.17, 15) is 9.59 Å². The van der Waals surface area contributed by atoms with Gasteiger partial charge in [0.05, 0.1) is 18.3 Å². The fraction of sp³-hybridized carbons (Fsp3) is 0.105. The van der Waals surface area contributed by atoms with Gasteiger partial charge in [-0.1, -0.05) is 30.3 Å². The largest absolute Gasteiger partial charge is 0.465 e. The average Bonchev–Trinajstić information content (AvgIpc) is 3.16. The van der Waals surface area contributed by atoms with Crippen molar-refractivity contribution >= 4 is 12.0 Å². The first-order valence-electron chi connectivity index (χ1n) is 7.84. The summed E-state index contributed by atoms with van der Waals surface area (Å²) < 4.78 is 6.56. The van der Waals surface area contributed by atoms with Crippen LogP contribution in [-0.2, 0) is 11.3 Å². The first-order valence-corrected chi connectivity index (χ1v) is 7.84. The number of amides is 1. The smallest absolute Gasteiger partial charge is 0.253 e. The number of carbonyl (C=O) groups excluding carboxylic acids is 1. The normalized spacial score (nSPS) is 10.9. The Kier molecular flexibility index (Phi) is 5.21. The van der Waals surface area contributed by atoms with E-state index in [-0.39, 0.29) is 11.5 Å². The van der Waals surface area contributed by atoms with Crippen molar-refractivity contribution in [1.82, 2.24) is 14.9 Å². The van der Waals surface area contributed by atoms with Crippen molar-refractivity contribution in [2.45, 2.75) is 6.54 Å². The number of carbonyl (C=O) groups is 1. The second-order valence-electron chi connectivity index (χ2n) is 5.31. The van der Waals surface area contributed by atoms with Gasteiger partial charge in [-0.25, -0.2) is 4.98 Å². The number of rotatable bonds is 6. The van der Waals surface area contributed by atoms with Crippen LogP contribution in [0.3, 0.4) is 0 Å².